The fourth-order valence-corrected chi connectivity index (χ4v) is 3.02. The monoisotopic (exact) mass is 510 g/mol. The van der Waals surface area contributed by atoms with Crippen LogP contribution in [0.4, 0.5) is 8.78 Å². The van der Waals surface area contributed by atoms with E-state index in [4.69, 9.17) is 0 Å². The Balaban J connectivity index is 0.00000392. The van der Waals surface area contributed by atoms with E-state index in [0.29, 0.717) is 37.1 Å². The molecule has 9 heteroatoms. The van der Waals surface area contributed by atoms with E-state index in [1.54, 1.807) is 18.2 Å². The summed E-state index contributed by atoms with van der Waals surface area (Å²) in [6, 6.07) is 6.88. The molecule has 1 saturated carbocycles. The summed E-state index contributed by atoms with van der Waals surface area (Å²) >= 11 is 0. The Morgan fingerprint density at radius 2 is 1.96 bits per heavy atom. The summed E-state index contributed by atoms with van der Waals surface area (Å²) in [6.07, 6.45) is 4.83. The number of alkyl halides is 2. The third kappa shape index (κ3) is 9.03. The van der Waals surface area contributed by atoms with Crippen LogP contribution in [0.25, 0.3) is 0 Å². The van der Waals surface area contributed by atoms with Gasteiger partial charge in [0.2, 0.25) is 5.91 Å². The molecule has 1 amide bonds. The number of nitrogens with one attached hydrogen (secondary N) is 3. The van der Waals surface area contributed by atoms with Gasteiger partial charge in [-0.25, -0.2) is 4.99 Å². The molecular weight excluding hydrogens is 481 g/mol. The maximum atomic E-state index is 12.5. The molecule has 158 valence electrons. The largest absolute Gasteiger partial charge is 0.434 e. The van der Waals surface area contributed by atoms with Gasteiger partial charge < -0.3 is 20.7 Å². The number of ether oxygens (including phenoxy) is 1. The van der Waals surface area contributed by atoms with E-state index >= 15 is 0 Å². The van der Waals surface area contributed by atoms with Gasteiger partial charge in [0.25, 0.3) is 0 Å². The number of halogens is 3. The smallest absolute Gasteiger partial charge is 0.387 e. The van der Waals surface area contributed by atoms with E-state index in [9.17, 15) is 13.6 Å². The first-order valence-electron chi connectivity index (χ1n) is 9.42. The number of para-hydroxylation sites is 1. The summed E-state index contributed by atoms with van der Waals surface area (Å²) < 4.78 is 29.5. The minimum atomic E-state index is -2.88. The Morgan fingerprint density at radius 1 is 1.25 bits per heavy atom. The quantitative estimate of drug-likeness (QED) is 0.271. The summed E-state index contributed by atoms with van der Waals surface area (Å²) in [4.78, 5) is 16.4. The number of guanidine groups is 1. The molecule has 0 radical (unpaired) electrons. The van der Waals surface area contributed by atoms with Crippen LogP contribution >= 0.6 is 24.0 Å². The number of hydrogen-bond acceptors (Lipinski definition) is 3. The van der Waals surface area contributed by atoms with Crippen LogP contribution in [0, 0.1) is 0 Å². The highest BCUT2D eigenvalue weighted by atomic mass is 127. The van der Waals surface area contributed by atoms with E-state index in [0.717, 1.165) is 12.8 Å². The van der Waals surface area contributed by atoms with Crippen LogP contribution in [0.3, 0.4) is 0 Å². The Hall–Kier alpha value is -1.65. The molecule has 0 aliphatic heterocycles. The second-order valence-electron chi connectivity index (χ2n) is 6.41. The van der Waals surface area contributed by atoms with Crippen LogP contribution < -0.4 is 20.7 Å². The number of rotatable bonds is 9. The summed E-state index contributed by atoms with van der Waals surface area (Å²) in [7, 11) is 0. The van der Waals surface area contributed by atoms with Crippen molar-refractivity contribution in [2.45, 2.75) is 58.2 Å². The zero-order valence-electron chi connectivity index (χ0n) is 16.0. The molecule has 1 fully saturated rings. The SMILES string of the molecule is CCNC(=NCc1ccccc1OC(F)F)NCCC(=O)NC1CCCC1.I. The Kier molecular flexibility index (Phi) is 11.8. The standard InChI is InChI=1S/C19H28F2N4O2.HI/c1-2-22-19(23-12-11-17(26)25-15-8-4-5-9-15)24-13-14-7-3-6-10-16(14)27-18(20)21;/h3,6-7,10,15,18H,2,4-5,8-9,11-13H2,1H3,(H,25,26)(H2,22,23,24);1H. The molecule has 0 saturated heterocycles. The Labute approximate surface area is 181 Å². The lowest BCUT2D eigenvalue weighted by Gasteiger charge is -2.14. The molecule has 1 aromatic rings. The average Bonchev–Trinajstić information content (AvgIpc) is 3.13. The van der Waals surface area contributed by atoms with E-state index in [1.165, 1.54) is 18.9 Å². The van der Waals surface area contributed by atoms with Crippen LogP contribution in [0.1, 0.15) is 44.6 Å². The van der Waals surface area contributed by atoms with Gasteiger partial charge in [0, 0.05) is 31.1 Å². The van der Waals surface area contributed by atoms with E-state index < -0.39 is 6.61 Å². The predicted molar refractivity (Wildman–Crippen MR) is 116 cm³/mol. The van der Waals surface area contributed by atoms with Gasteiger partial charge >= 0.3 is 6.61 Å². The first-order chi connectivity index (χ1) is 13.1. The van der Waals surface area contributed by atoms with Crippen LogP contribution in [0.5, 0.6) is 5.75 Å². The number of benzene rings is 1. The molecule has 0 bridgehead atoms. The molecular formula is C19H29F2IN4O2. The highest BCUT2D eigenvalue weighted by molar-refractivity contribution is 14.0. The van der Waals surface area contributed by atoms with Gasteiger partial charge in [-0.05, 0) is 25.8 Å². The van der Waals surface area contributed by atoms with E-state index in [2.05, 4.69) is 25.7 Å². The normalized spacial score (nSPS) is 14.5. The topological polar surface area (TPSA) is 74.8 Å². The number of carbonyl (C=O) groups is 1. The fraction of sp³-hybridized carbons (Fsp3) is 0.579. The molecule has 28 heavy (non-hydrogen) atoms. The second-order valence-corrected chi connectivity index (χ2v) is 6.41. The van der Waals surface area contributed by atoms with E-state index in [-0.39, 0.29) is 42.2 Å². The molecule has 3 N–H and O–H groups in total. The summed E-state index contributed by atoms with van der Waals surface area (Å²) in [5.41, 5.74) is 0.564. The van der Waals surface area contributed by atoms with Crippen molar-refractivity contribution in [1.82, 2.24) is 16.0 Å². The third-order valence-electron chi connectivity index (χ3n) is 4.31. The minimum absolute atomic E-state index is 0. The molecule has 0 aromatic heterocycles. The predicted octanol–water partition coefficient (Wildman–Crippen LogP) is 3.41. The molecule has 0 heterocycles. The van der Waals surface area contributed by atoms with Crippen molar-refractivity contribution < 1.29 is 18.3 Å². The lowest BCUT2D eigenvalue weighted by Crippen LogP contribution is -2.40. The van der Waals surface area contributed by atoms with E-state index in [1.807, 2.05) is 6.92 Å². The highest BCUT2D eigenvalue weighted by Crippen LogP contribution is 2.21. The Morgan fingerprint density at radius 3 is 2.64 bits per heavy atom. The number of hydrogen-bond donors (Lipinski definition) is 3. The summed E-state index contributed by atoms with van der Waals surface area (Å²) in [5, 5.41) is 9.22. The van der Waals surface area contributed by atoms with Gasteiger partial charge in [-0.3, -0.25) is 4.79 Å². The molecule has 1 aromatic carbocycles. The van der Waals surface area contributed by atoms with Crippen molar-refractivity contribution >= 4 is 35.8 Å². The zero-order valence-corrected chi connectivity index (χ0v) is 18.4. The first-order valence-corrected chi connectivity index (χ1v) is 9.42. The van der Waals surface area contributed by atoms with Crippen LogP contribution in [0.15, 0.2) is 29.3 Å². The molecule has 0 spiro atoms. The van der Waals surface area contributed by atoms with Crippen LogP contribution in [0.2, 0.25) is 0 Å². The Bertz CT molecular complexity index is 626. The highest BCUT2D eigenvalue weighted by Gasteiger charge is 2.16. The molecule has 6 nitrogen and oxygen atoms in total. The molecule has 1 aliphatic carbocycles. The van der Waals surface area contributed by atoms with Crippen LogP contribution in [-0.2, 0) is 11.3 Å². The van der Waals surface area contributed by atoms with Gasteiger partial charge in [-0.15, -0.1) is 24.0 Å². The van der Waals surface area contributed by atoms with Gasteiger partial charge in [0.1, 0.15) is 5.75 Å². The van der Waals surface area contributed by atoms with Crippen molar-refractivity contribution in [3.63, 3.8) is 0 Å². The van der Waals surface area contributed by atoms with Gasteiger partial charge in [-0.1, -0.05) is 31.0 Å². The van der Waals surface area contributed by atoms with Gasteiger partial charge in [0.05, 0.1) is 6.54 Å². The lowest BCUT2D eigenvalue weighted by molar-refractivity contribution is -0.121. The van der Waals surface area contributed by atoms with Gasteiger partial charge in [0.15, 0.2) is 5.96 Å². The molecule has 1 aliphatic rings. The first kappa shape index (κ1) is 24.4. The van der Waals surface area contributed by atoms with Gasteiger partial charge in [-0.2, -0.15) is 8.78 Å². The second kappa shape index (κ2) is 13.5. The molecule has 2 rings (SSSR count). The number of carbonyl (C=O) groups excluding carboxylic acids is 1. The third-order valence-corrected chi connectivity index (χ3v) is 4.31. The number of nitrogens with zero attached hydrogens (tertiary/aromatic N) is 1. The maximum Gasteiger partial charge on any atom is 0.387 e. The van der Waals surface area contributed by atoms with Crippen molar-refractivity contribution in [3.05, 3.63) is 29.8 Å². The van der Waals surface area contributed by atoms with Crippen molar-refractivity contribution in [1.29, 1.82) is 0 Å². The molecule has 0 atom stereocenters. The molecule has 0 unspecified atom stereocenters. The zero-order chi connectivity index (χ0) is 19.5. The number of amides is 1. The fourth-order valence-electron chi connectivity index (χ4n) is 3.02. The summed E-state index contributed by atoms with van der Waals surface area (Å²) in [6.45, 7) is 0.332. The number of aliphatic imine (C=N–C) groups is 1. The van der Waals surface area contributed by atoms with Crippen molar-refractivity contribution in [2.24, 2.45) is 4.99 Å². The summed E-state index contributed by atoms with van der Waals surface area (Å²) in [5.74, 6) is 0.669. The maximum absolute atomic E-state index is 12.5. The lowest BCUT2D eigenvalue weighted by atomic mass is 10.2. The minimum Gasteiger partial charge on any atom is -0.434 e. The average molecular weight is 510 g/mol. The van der Waals surface area contributed by atoms with Crippen molar-refractivity contribution in [2.75, 3.05) is 13.1 Å². The van der Waals surface area contributed by atoms with Crippen molar-refractivity contribution in [3.8, 4) is 5.75 Å². The van der Waals surface area contributed by atoms with Crippen LogP contribution in [-0.4, -0.2) is 37.6 Å².